The van der Waals surface area contributed by atoms with Gasteiger partial charge in [0.25, 0.3) is 5.56 Å². The van der Waals surface area contributed by atoms with Gasteiger partial charge in [0.2, 0.25) is 0 Å². The summed E-state index contributed by atoms with van der Waals surface area (Å²) in [6.45, 7) is 2.17. The highest BCUT2D eigenvalue weighted by molar-refractivity contribution is 9.10. The molecule has 0 aliphatic carbocycles. The van der Waals surface area contributed by atoms with Crippen LogP contribution in [-0.4, -0.2) is 23.0 Å². The summed E-state index contributed by atoms with van der Waals surface area (Å²) in [7, 11) is 1.56. The number of hydrogen-bond donors (Lipinski definition) is 0. The number of aryl methyl sites for hydroxylation is 1. The van der Waals surface area contributed by atoms with Crippen LogP contribution in [0.2, 0.25) is 10.0 Å². The number of hydrogen-bond acceptors (Lipinski definition) is 5. The van der Waals surface area contributed by atoms with Crippen LogP contribution in [0.1, 0.15) is 23.9 Å². The molecule has 1 aromatic heterocycles. The Kier molecular flexibility index (Phi) is 7.56. The van der Waals surface area contributed by atoms with Crippen molar-refractivity contribution in [2.45, 2.75) is 20.0 Å². The molecule has 0 N–H and O–H groups in total. The Bertz CT molecular complexity index is 1450. The van der Waals surface area contributed by atoms with Crippen molar-refractivity contribution in [1.29, 1.82) is 0 Å². The molecule has 0 unspecified atom stereocenters. The molecule has 6 nitrogen and oxygen atoms in total. The third-order valence-electron chi connectivity index (χ3n) is 5.10. The molecule has 3 aromatic carbocycles. The lowest BCUT2D eigenvalue weighted by molar-refractivity contribution is 0.284. The zero-order valence-corrected chi connectivity index (χ0v) is 21.5. The van der Waals surface area contributed by atoms with E-state index in [0.29, 0.717) is 50.3 Å². The van der Waals surface area contributed by atoms with Crippen LogP contribution in [-0.2, 0) is 13.0 Å². The van der Waals surface area contributed by atoms with Gasteiger partial charge in [0.15, 0.2) is 11.5 Å². The number of ether oxygens (including phenoxy) is 2. The van der Waals surface area contributed by atoms with Gasteiger partial charge < -0.3 is 9.47 Å². The van der Waals surface area contributed by atoms with E-state index in [1.807, 2.05) is 37.3 Å². The van der Waals surface area contributed by atoms with Crippen LogP contribution in [0.4, 0.5) is 0 Å². The quantitative estimate of drug-likeness (QED) is 0.242. The fourth-order valence-corrected chi connectivity index (χ4v) is 4.08. The van der Waals surface area contributed by atoms with Gasteiger partial charge in [0.05, 0.1) is 34.3 Å². The second kappa shape index (κ2) is 10.6. The van der Waals surface area contributed by atoms with Crippen LogP contribution in [0.25, 0.3) is 10.9 Å². The molecule has 0 radical (unpaired) electrons. The first-order chi connectivity index (χ1) is 16.4. The van der Waals surface area contributed by atoms with Crippen molar-refractivity contribution in [3.63, 3.8) is 0 Å². The molecule has 0 saturated carbocycles. The molecule has 0 bridgehead atoms. The molecule has 0 aliphatic heterocycles. The van der Waals surface area contributed by atoms with Gasteiger partial charge in [-0.25, -0.2) is 4.98 Å². The number of benzene rings is 3. The van der Waals surface area contributed by atoms with Gasteiger partial charge in [-0.1, -0.05) is 58.2 Å². The highest BCUT2D eigenvalue weighted by Gasteiger charge is 2.13. The van der Waals surface area contributed by atoms with E-state index < -0.39 is 0 Å². The third kappa shape index (κ3) is 5.12. The van der Waals surface area contributed by atoms with E-state index in [9.17, 15) is 4.79 Å². The highest BCUT2D eigenvalue weighted by Crippen LogP contribution is 2.31. The molecule has 4 aromatic rings. The zero-order chi connectivity index (χ0) is 24.2. The Hall–Kier alpha value is -2.87. The fourth-order valence-electron chi connectivity index (χ4n) is 3.40. The second-order valence-corrected chi connectivity index (χ2v) is 9.05. The molecule has 0 atom stereocenters. The molecule has 0 spiro atoms. The van der Waals surface area contributed by atoms with Crippen LogP contribution in [0.15, 0.2) is 69.0 Å². The Morgan fingerprint density at radius 3 is 2.68 bits per heavy atom. The third-order valence-corrected chi connectivity index (χ3v) is 6.33. The summed E-state index contributed by atoms with van der Waals surface area (Å²) in [6.07, 6.45) is 2.11. The molecule has 0 fully saturated rings. The number of methoxy groups -OCH3 is 1. The zero-order valence-electron chi connectivity index (χ0n) is 18.4. The number of aromatic nitrogens is 2. The van der Waals surface area contributed by atoms with Crippen LogP contribution in [0.5, 0.6) is 11.5 Å². The maximum absolute atomic E-state index is 13.2. The van der Waals surface area contributed by atoms with Crippen molar-refractivity contribution in [1.82, 2.24) is 9.66 Å². The molecule has 0 aliphatic rings. The average Bonchev–Trinajstić information content (AvgIpc) is 2.84. The average molecular weight is 561 g/mol. The lowest BCUT2D eigenvalue weighted by Gasteiger charge is -2.14. The predicted octanol–water partition coefficient (Wildman–Crippen LogP) is 6.50. The van der Waals surface area contributed by atoms with E-state index in [-0.39, 0.29) is 12.2 Å². The van der Waals surface area contributed by atoms with Crippen LogP contribution >= 0.6 is 39.1 Å². The van der Waals surface area contributed by atoms with Gasteiger partial charge in [-0.2, -0.15) is 9.78 Å². The van der Waals surface area contributed by atoms with Gasteiger partial charge in [0, 0.05) is 16.5 Å². The first kappa shape index (κ1) is 24.3. The van der Waals surface area contributed by atoms with Crippen molar-refractivity contribution < 1.29 is 9.47 Å². The molecule has 4 rings (SSSR count). The van der Waals surface area contributed by atoms with Crippen molar-refractivity contribution in [3.8, 4) is 11.5 Å². The van der Waals surface area contributed by atoms with E-state index >= 15 is 0 Å². The maximum atomic E-state index is 13.2. The van der Waals surface area contributed by atoms with E-state index in [1.54, 1.807) is 37.6 Å². The summed E-state index contributed by atoms with van der Waals surface area (Å²) in [5.41, 5.74) is 1.86. The first-order valence-electron chi connectivity index (χ1n) is 10.4. The van der Waals surface area contributed by atoms with Crippen molar-refractivity contribution in [2.75, 3.05) is 7.11 Å². The minimum Gasteiger partial charge on any atom is -0.493 e. The Morgan fingerprint density at radius 1 is 1.12 bits per heavy atom. The molecule has 0 saturated heterocycles. The number of nitrogens with zero attached hydrogens (tertiary/aromatic N) is 3. The summed E-state index contributed by atoms with van der Waals surface area (Å²) in [6, 6.07) is 16.2. The van der Waals surface area contributed by atoms with Crippen LogP contribution < -0.4 is 15.0 Å². The standard InChI is InChI=1S/C25H20BrCl2N3O3/c1-3-23-30-21-10-8-17(26)12-18(21)25(32)31(23)29-13-16-5-4-6-22(33-2)24(16)34-14-15-7-9-19(27)20(28)11-15/h4-13H,3,14H2,1-2H3. The summed E-state index contributed by atoms with van der Waals surface area (Å²) >= 11 is 15.5. The number of para-hydroxylation sites is 1. The van der Waals surface area contributed by atoms with Crippen molar-refractivity contribution in [2.24, 2.45) is 5.10 Å². The summed E-state index contributed by atoms with van der Waals surface area (Å²) in [4.78, 5) is 17.8. The van der Waals surface area contributed by atoms with Crippen LogP contribution in [0, 0.1) is 0 Å². The van der Waals surface area contributed by atoms with Gasteiger partial charge in [-0.3, -0.25) is 4.79 Å². The van der Waals surface area contributed by atoms with Gasteiger partial charge >= 0.3 is 0 Å². The topological polar surface area (TPSA) is 65.7 Å². The summed E-state index contributed by atoms with van der Waals surface area (Å²) < 4.78 is 13.7. The van der Waals surface area contributed by atoms with Crippen molar-refractivity contribution in [3.05, 3.63) is 96.4 Å². The smallest absolute Gasteiger partial charge is 0.282 e. The minimum absolute atomic E-state index is 0.240. The second-order valence-electron chi connectivity index (χ2n) is 7.32. The van der Waals surface area contributed by atoms with E-state index in [2.05, 4.69) is 26.0 Å². The number of rotatable bonds is 7. The largest absolute Gasteiger partial charge is 0.493 e. The monoisotopic (exact) mass is 559 g/mol. The highest BCUT2D eigenvalue weighted by atomic mass is 79.9. The molecule has 34 heavy (non-hydrogen) atoms. The van der Waals surface area contributed by atoms with Gasteiger partial charge in [0.1, 0.15) is 12.4 Å². The van der Waals surface area contributed by atoms with E-state index in [0.717, 1.165) is 10.0 Å². The maximum Gasteiger partial charge on any atom is 0.282 e. The van der Waals surface area contributed by atoms with E-state index in [1.165, 1.54) is 4.68 Å². The van der Waals surface area contributed by atoms with E-state index in [4.69, 9.17) is 32.7 Å². The molecular formula is C25H20BrCl2N3O3. The lowest BCUT2D eigenvalue weighted by atomic mass is 10.2. The first-order valence-corrected chi connectivity index (χ1v) is 12.0. The summed E-state index contributed by atoms with van der Waals surface area (Å²) in [5, 5.41) is 5.87. The Morgan fingerprint density at radius 2 is 1.94 bits per heavy atom. The minimum atomic E-state index is -0.249. The summed E-state index contributed by atoms with van der Waals surface area (Å²) in [5.74, 6) is 1.58. The number of fused-ring (bicyclic) bond motifs is 1. The molecule has 174 valence electrons. The predicted molar refractivity (Wildman–Crippen MR) is 140 cm³/mol. The Balaban J connectivity index is 1.72. The molecule has 0 amide bonds. The molecular weight excluding hydrogens is 541 g/mol. The SMILES string of the molecule is CCc1nc2ccc(Br)cc2c(=O)n1N=Cc1cccc(OC)c1OCc1ccc(Cl)c(Cl)c1. The van der Waals surface area contributed by atoms with Crippen LogP contribution in [0.3, 0.4) is 0 Å². The Labute approximate surface area is 214 Å². The van der Waals surface area contributed by atoms with Gasteiger partial charge in [-0.15, -0.1) is 0 Å². The fraction of sp³-hybridized carbons (Fsp3) is 0.160. The normalized spacial score (nSPS) is 11.3. The lowest BCUT2D eigenvalue weighted by Crippen LogP contribution is -2.22. The molecule has 1 heterocycles. The van der Waals surface area contributed by atoms with Gasteiger partial charge in [-0.05, 0) is 48.0 Å². The molecule has 9 heteroatoms. The van der Waals surface area contributed by atoms with Crippen molar-refractivity contribution >= 4 is 56.2 Å². The number of halogens is 3.